The van der Waals surface area contributed by atoms with E-state index in [-0.39, 0.29) is 5.37 Å². The lowest BCUT2D eigenvalue weighted by molar-refractivity contribution is 0.297. The zero-order valence-corrected chi connectivity index (χ0v) is 17.1. The van der Waals surface area contributed by atoms with Gasteiger partial charge in [0, 0.05) is 30.6 Å². The Morgan fingerprint density at radius 3 is 2.90 bits per heavy atom. The quantitative estimate of drug-likeness (QED) is 0.637. The van der Waals surface area contributed by atoms with Crippen molar-refractivity contribution in [2.75, 3.05) is 23.3 Å². The molecule has 2 aliphatic heterocycles. The standard InChI is InChI=1S/C21H19N3O3S2/c25-29(16-5-6-18-19(12-16)27-10-2-9-26-18)24-15-4-1-3-14(11-15)21-23-17-7-8-22-13-20(17)28-21/h1,3-8,11-13,21,23-24H,2,9-10H2. The van der Waals surface area contributed by atoms with Gasteiger partial charge in [0.25, 0.3) is 0 Å². The molecule has 148 valence electrons. The van der Waals surface area contributed by atoms with Crippen LogP contribution in [-0.4, -0.2) is 22.4 Å². The van der Waals surface area contributed by atoms with Crippen LogP contribution in [0.25, 0.3) is 0 Å². The van der Waals surface area contributed by atoms with E-state index in [1.807, 2.05) is 36.5 Å². The topological polar surface area (TPSA) is 72.5 Å². The van der Waals surface area contributed by atoms with E-state index in [9.17, 15) is 4.21 Å². The van der Waals surface area contributed by atoms with Crippen molar-refractivity contribution < 1.29 is 13.7 Å². The van der Waals surface area contributed by atoms with E-state index in [2.05, 4.69) is 21.1 Å². The second-order valence-electron chi connectivity index (χ2n) is 6.67. The fourth-order valence-corrected chi connectivity index (χ4v) is 5.20. The summed E-state index contributed by atoms with van der Waals surface area (Å²) in [6.45, 7) is 1.23. The fourth-order valence-electron chi connectivity index (χ4n) is 3.23. The zero-order valence-electron chi connectivity index (χ0n) is 15.5. The smallest absolute Gasteiger partial charge is 0.162 e. The third kappa shape index (κ3) is 3.90. The Labute approximate surface area is 175 Å². The van der Waals surface area contributed by atoms with Crippen molar-refractivity contribution in [1.29, 1.82) is 0 Å². The predicted octanol–water partition coefficient (Wildman–Crippen LogP) is 4.59. The van der Waals surface area contributed by atoms with E-state index < -0.39 is 11.0 Å². The van der Waals surface area contributed by atoms with E-state index >= 15 is 0 Å². The van der Waals surface area contributed by atoms with Crippen LogP contribution in [0.15, 0.2) is 70.7 Å². The maximum Gasteiger partial charge on any atom is 0.162 e. The monoisotopic (exact) mass is 425 g/mol. The van der Waals surface area contributed by atoms with Gasteiger partial charge in [0.1, 0.15) is 16.4 Å². The Balaban J connectivity index is 1.32. The lowest BCUT2D eigenvalue weighted by atomic mass is 10.2. The van der Waals surface area contributed by atoms with Crippen LogP contribution in [0.3, 0.4) is 0 Å². The van der Waals surface area contributed by atoms with Crippen LogP contribution in [0.4, 0.5) is 11.4 Å². The van der Waals surface area contributed by atoms with E-state index in [1.165, 1.54) is 0 Å². The molecule has 2 aliphatic rings. The summed E-state index contributed by atoms with van der Waals surface area (Å²) >= 11 is 1.72. The summed E-state index contributed by atoms with van der Waals surface area (Å²) in [6, 6.07) is 15.3. The summed E-state index contributed by atoms with van der Waals surface area (Å²) < 4.78 is 27.3. The number of thioether (sulfide) groups is 1. The molecular formula is C21H19N3O3S2. The first-order chi connectivity index (χ1) is 14.3. The van der Waals surface area contributed by atoms with Gasteiger partial charge < -0.3 is 19.5 Å². The first-order valence-corrected chi connectivity index (χ1v) is 11.3. The number of nitrogens with one attached hydrogen (secondary N) is 2. The Bertz CT molecular complexity index is 1050. The minimum absolute atomic E-state index is 0.0995. The van der Waals surface area contributed by atoms with Gasteiger partial charge in [-0.3, -0.25) is 4.98 Å². The van der Waals surface area contributed by atoms with Gasteiger partial charge in [-0.1, -0.05) is 23.9 Å². The lowest BCUT2D eigenvalue weighted by Crippen LogP contribution is -2.07. The van der Waals surface area contributed by atoms with E-state index in [4.69, 9.17) is 9.47 Å². The zero-order chi connectivity index (χ0) is 19.6. The molecule has 6 nitrogen and oxygen atoms in total. The van der Waals surface area contributed by atoms with Crippen molar-refractivity contribution in [2.45, 2.75) is 21.6 Å². The molecule has 0 bridgehead atoms. The summed E-state index contributed by atoms with van der Waals surface area (Å²) in [6.07, 6.45) is 4.49. The minimum Gasteiger partial charge on any atom is -0.490 e. The number of anilines is 2. The summed E-state index contributed by atoms with van der Waals surface area (Å²) in [7, 11) is -1.41. The Morgan fingerprint density at radius 1 is 1.10 bits per heavy atom. The SMILES string of the molecule is O=S(Nc1cccc(C2Nc3ccncc3S2)c1)c1ccc2c(c1)OCCCO2. The number of benzene rings is 2. The van der Waals surface area contributed by atoms with Crippen molar-refractivity contribution >= 4 is 34.1 Å². The molecule has 0 amide bonds. The maximum atomic E-state index is 12.9. The molecule has 8 heteroatoms. The Morgan fingerprint density at radius 2 is 2.00 bits per heavy atom. The number of pyridine rings is 1. The highest BCUT2D eigenvalue weighted by Gasteiger charge is 2.23. The van der Waals surface area contributed by atoms with Gasteiger partial charge in [-0.25, -0.2) is 4.21 Å². The molecule has 29 heavy (non-hydrogen) atoms. The fraction of sp³-hybridized carbons (Fsp3) is 0.190. The molecular weight excluding hydrogens is 406 g/mol. The average molecular weight is 426 g/mol. The van der Waals surface area contributed by atoms with Crippen LogP contribution < -0.4 is 19.5 Å². The highest BCUT2D eigenvalue weighted by Crippen LogP contribution is 2.46. The molecule has 2 unspecified atom stereocenters. The molecule has 5 rings (SSSR count). The first kappa shape index (κ1) is 18.3. The molecule has 2 N–H and O–H groups in total. The maximum absolute atomic E-state index is 12.9. The van der Waals surface area contributed by atoms with Crippen LogP contribution in [0.2, 0.25) is 0 Å². The van der Waals surface area contributed by atoms with Crippen LogP contribution in [0.1, 0.15) is 17.4 Å². The summed E-state index contributed by atoms with van der Waals surface area (Å²) in [5.74, 6) is 1.34. The van der Waals surface area contributed by atoms with Crippen molar-refractivity contribution in [3.8, 4) is 11.5 Å². The van der Waals surface area contributed by atoms with Gasteiger partial charge in [0.05, 0.1) is 28.7 Å². The molecule has 3 heterocycles. The molecule has 0 aliphatic carbocycles. The van der Waals surface area contributed by atoms with Crippen molar-refractivity contribution in [3.63, 3.8) is 0 Å². The molecule has 0 saturated heterocycles. The first-order valence-electron chi connectivity index (χ1n) is 9.31. The number of fused-ring (bicyclic) bond motifs is 2. The van der Waals surface area contributed by atoms with Gasteiger partial charge in [-0.15, -0.1) is 0 Å². The number of nitrogens with zero attached hydrogens (tertiary/aromatic N) is 1. The summed E-state index contributed by atoms with van der Waals surface area (Å²) in [5, 5.41) is 3.59. The largest absolute Gasteiger partial charge is 0.490 e. The van der Waals surface area contributed by atoms with E-state index in [0.29, 0.717) is 29.6 Å². The second kappa shape index (κ2) is 7.96. The Hall–Kier alpha value is -2.71. The van der Waals surface area contributed by atoms with Crippen LogP contribution in [0, 0.1) is 0 Å². The molecule has 1 aromatic heterocycles. The molecule has 0 saturated carbocycles. The number of hydrogen-bond donors (Lipinski definition) is 2. The van der Waals surface area contributed by atoms with Gasteiger partial charge >= 0.3 is 0 Å². The number of rotatable bonds is 4. The second-order valence-corrected chi connectivity index (χ2v) is 9.03. The molecule has 2 atom stereocenters. The highest BCUT2D eigenvalue weighted by atomic mass is 32.2. The van der Waals surface area contributed by atoms with E-state index in [0.717, 1.165) is 28.3 Å². The third-order valence-corrected chi connectivity index (χ3v) is 6.96. The summed E-state index contributed by atoms with van der Waals surface area (Å²) in [4.78, 5) is 5.95. The highest BCUT2D eigenvalue weighted by molar-refractivity contribution is 8.00. The Kier molecular flexibility index (Phi) is 5.03. The predicted molar refractivity (Wildman–Crippen MR) is 115 cm³/mol. The molecule has 0 fully saturated rings. The van der Waals surface area contributed by atoms with Crippen molar-refractivity contribution in [3.05, 3.63) is 66.5 Å². The van der Waals surface area contributed by atoms with E-state index in [1.54, 1.807) is 30.1 Å². The van der Waals surface area contributed by atoms with Gasteiger partial charge in [-0.2, -0.15) is 0 Å². The minimum atomic E-state index is -1.41. The van der Waals surface area contributed by atoms with Crippen LogP contribution >= 0.6 is 11.8 Å². The van der Waals surface area contributed by atoms with Crippen LogP contribution in [-0.2, 0) is 11.0 Å². The van der Waals surface area contributed by atoms with Gasteiger partial charge in [-0.05, 0) is 35.9 Å². The van der Waals surface area contributed by atoms with Gasteiger partial charge in [0.2, 0.25) is 0 Å². The number of aromatic nitrogens is 1. The molecule has 2 aromatic carbocycles. The number of hydrogen-bond acceptors (Lipinski definition) is 6. The molecule has 3 aromatic rings. The van der Waals surface area contributed by atoms with Crippen molar-refractivity contribution in [1.82, 2.24) is 4.98 Å². The van der Waals surface area contributed by atoms with Crippen LogP contribution in [0.5, 0.6) is 11.5 Å². The molecule has 0 radical (unpaired) electrons. The average Bonchev–Trinajstić information content (AvgIpc) is 3.05. The lowest BCUT2D eigenvalue weighted by Gasteiger charge is -2.14. The number of ether oxygens (including phenoxy) is 2. The molecule has 0 spiro atoms. The van der Waals surface area contributed by atoms with Gasteiger partial charge in [0.15, 0.2) is 11.5 Å². The van der Waals surface area contributed by atoms with Crippen molar-refractivity contribution in [2.24, 2.45) is 0 Å². The third-order valence-electron chi connectivity index (χ3n) is 4.65. The summed E-state index contributed by atoms with van der Waals surface area (Å²) in [5.41, 5.74) is 2.99. The normalized spacial score (nSPS) is 18.3.